The lowest BCUT2D eigenvalue weighted by molar-refractivity contribution is 0.0686. The number of hydrogen-bond acceptors (Lipinski definition) is 3. The highest BCUT2D eigenvalue weighted by molar-refractivity contribution is 6.31. The molecule has 5 rings (SSSR count). The molecule has 164 valence electrons. The first kappa shape index (κ1) is 21.1. The summed E-state index contributed by atoms with van der Waals surface area (Å²) >= 11 is 12.3. The molecule has 0 aliphatic carbocycles. The minimum atomic E-state index is -1.29. The Hall–Kier alpha value is -3.81. The van der Waals surface area contributed by atoms with Gasteiger partial charge >= 0.3 is 11.7 Å². The lowest BCUT2D eigenvalue weighted by Crippen LogP contribution is -2.34. The second kappa shape index (κ2) is 7.95. The number of fused-ring (bicyclic) bond motifs is 2. The third-order valence-corrected chi connectivity index (χ3v) is 5.94. The van der Waals surface area contributed by atoms with Crippen LogP contribution in [0.3, 0.4) is 0 Å². The van der Waals surface area contributed by atoms with Crippen molar-refractivity contribution in [2.45, 2.75) is 6.54 Å². The molecule has 2 aromatic heterocycles. The molecule has 0 spiro atoms. The molecule has 7 nitrogen and oxygen atoms in total. The van der Waals surface area contributed by atoms with Crippen molar-refractivity contribution in [3.63, 3.8) is 0 Å². The zero-order valence-electron chi connectivity index (χ0n) is 16.9. The SMILES string of the molecule is O=C(O)c1c(-n2c(=O)[nH]c3ccc(Cl)cc3c2=O)c2cc(Cl)ccc2n1Cc1ccccc1. The third kappa shape index (κ3) is 3.51. The molecule has 2 N–H and O–H groups in total. The first-order valence-electron chi connectivity index (χ1n) is 9.89. The van der Waals surface area contributed by atoms with E-state index < -0.39 is 17.2 Å². The molecule has 0 fully saturated rings. The molecule has 0 unspecified atom stereocenters. The van der Waals surface area contributed by atoms with Gasteiger partial charge in [0.25, 0.3) is 5.56 Å². The van der Waals surface area contributed by atoms with Gasteiger partial charge in [-0.3, -0.25) is 4.79 Å². The van der Waals surface area contributed by atoms with E-state index in [9.17, 15) is 19.5 Å². The van der Waals surface area contributed by atoms with Crippen LogP contribution >= 0.6 is 23.2 Å². The largest absolute Gasteiger partial charge is 0.477 e. The molecule has 2 heterocycles. The zero-order valence-corrected chi connectivity index (χ0v) is 18.4. The molecular formula is C24H15Cl2N3O4. The molecule has 0 aliphatic heterocycles. The average molecular weight is 480 g/mol. The summed E-state index contributed by atoms with van der Waals surface area (Å²) in [6.45, 7) is 0.215. The summed E-state index contributed by atoms with van der Waals surface area (Å²) in [5, 5.41) is 11.4. The Kier molecular flexibility index (Phi) is 5.08. The fraction of sp³-hybridized carbons (Fsp3) is 0.0417. The van der Waals surface area contributed by atoms with E-state index in [2.05, 4.69) is 4.98 Å². The van der Waals surface area contributed by atoms with E-state index in [1.54, 1.807) is 28.8 Å². The van der Waals surface area contributed by atoms with Crippen LogP contribution in [-0.2, 0) is 6.54 Å². The second-order valence-corrected chi connectivity index (χ2v) is 8.37. The predicted octanol–water partition coefficient (Wildman–Crippen LogP) is 4.69. The van der Waals surface area contributed by atoms with Crippen molar-refractivity contribution in [2.75, 3.05) is 0 Å². The number of aromatic carboxylic acids is 1. The quantitative estimate of drug-likeness (QED) is 0.390. The summed E-state index contributed by atoms with van der Waals surface area (Å²) in [5.74, 6) is -1.29. The van der Waals surface area contributed by atoms with E-state index in [0.717, 1.165) is 10.1 Å². The van der Waals surface area contributed by atoms with Gasteiger partial charge in [-0.2, -0.15) is 0 Å². The highest BCUT2D eigenvalue weighted by Crippen LogP contribution is 2.32. The Morgan fingerprint density at radius 1 is 0.909 bits per heavy atom. The summed E-state index contributed by atoms with van der Waals surface area (Å²) < 4.78 is 2.40. The molecule has 0 aliphatic rings. The maximum atomic E-state index is 13.4. The van der Waals surface area contributed by atoms with Gasteiger partial charge in [-0.05, 0) is 42.0 Å². The van der Waals surface area contributed by atoms with Crippen molar-refractivity contribution < 1.29 is 9.90 Å². The number of carboxylic acids is 1. The first-order chi connectivity index (χ1) is 15.8. The Labute approximate surface area is 196 Å². The molecule has 0 bridgehead atoms. The number of hydrogen-bond donors (Lipinski definition) is 2. The third-order valence-electron chi connectivity index (χ3n) is 5.47. The van der Waals surface area contributed by atoms with Crippen molar-refractivity contribution in [1.29, 1.82) is 0 Å². The summed E-state index contributed by atoms with van der Waals surface area (Å²) in [5.41, 5.74) is -0.0330. The summed E-state index contributed by atoms with van der Waals surface area (Å²) in [7, 11) is 0. The monoisotopic (exact) mass is 479 g/mol. The van der Waals surface area contributed by atoms with Crippen molar-refractivity contribution in [1.82, 2.24) is 14.1 Å². The van der Waals surface area contributed by atoms with E-state index >= 15 is 0 Å². The molecule has 33 heavy (non-hydrogen) atoms. The normalized spacial score (nSPS) is 11.3. The van der Waals surface area contributed by atoms with Crippen LogP contribution in [0.2, 0.25) is 10.0 Å². The molecule has 9 heteroatoms. The van der Waals surface area contributed by atoms with E-state index in [4.69, 9.17) is 23.2 Å². The lowest BCUT2D eigenvalue weighted by Gasteiger charge is -2.10. The number of nitrogens with one attached hydrogen (secondary N) is 1. The second-order valence-electron chi connectivity index (χ2n) is 7.50. The standard InChI is InChI=1S/C24H15Cl2N3O4/c25-14-6-8-18-16(10-14)22(30)29(24(33)27-18)20-17-11-15(26)7-9-19(17)28(21(20)23(31)32)12-13-4-2-1-3-5-13/h1-11H,12H2,(H,27,33)(H,31,32). The maximum absolute atomic E-state index is 13.4. The van der Waals surface area contributed by atoms with E-state index in [1.807, 2.05) is 30.3 Å². The molecule has 0 radical (unpaired) electrons. The van der Waals surface area contributed by atoms with Crippen LogP contribution < -0.4 is 11.2 Å². The summed E-state index contributed by atoms with van der Waals surface area (Å²) in [6.07, 6.45) is 0. The van der Waals surface area contributed by atoms with Gasteiger partial charge in [-0.1, -0.05) is 53.5 Å². The van der Waals surface area contributed by atoms with Crippen LogP contribution in [0.5, 0.6) is 0 Å². The number of carboxylic acid groups (broad SMARTS) is 1. The predicted molar refractivity (Wildman–Crippen MR) is 128 cm³/mol. The maximum Gasteiger partial charge on any atom is 0.354 e. The Bertz CT molecular complexity index is 1680. The van der Waals surface area contributed by atoms with Crippen LogP contribution in [0.15, 0.2) is 76.3 Å². The molecule has 0 atom stereocenters. The van der Waals surface area contributed by atoms with E-state index in [0.29, 0.717) is 26.5 Å². The minimum Gasteiger partial charge on any atom is -0.477 e. The highest BCUT2D eigenvalue weighted by atomic mass is 35.5. The fourth-order valence-electron chi connectivity index (χ4n) is 4.07. The lowest BCUT2D eigenvalue weighted by atomic mass is 10.2. The average Bonchev–Trinajstić information content (AvgIpc) is 3.08. The highest BCUT2D eigenvalue weighted by Gasteiger charge is 2.27. The van der Waals surface area contributed by atoms with Gasteiger partial charge in [-0.15, -0.1) is 0 Å². The zero-order chi connectivity index (χ0) is 23.3. The number of aromatic nitrogens is 3. The number of halogens is 2. The van der Waals surface area contributed by atoms with Crippen LogP contribution in [0, 0.1) is 0 Å². The van der Waals surface area contributed by atoms with Gasteiger partial charge in [0, 0.05) is 22.0 Å². The van der Waals surface area contributed by atoms with Crippen LogP contribution in [0.1, 0.15) is 16.1 Å². The number of rotatable bonds is 4. The smallest absolute Gasteiger partial charge is 0.354 e. The van der Waals surface area contributed by atoms with Gasteiger partial charge in [0.1, 0.15) is 0 Å². The van der Waals surface area contributed by atoms with Gasteiger partial charge in [0.05, 0.1) is 22.1 Å². The molecular weight excluding hydrogens is 465 g/mol. The topological polar surface area (TPSA) is 97.1 Å². The Balaban J connectivity index is 1.93. The van der Waals surface area contributed by atoms with Gasteiger partial charge < -0.3 is 14.7 Å². The van der Waals surface area contributed by atoms with E-state index in [-0.39, 0.29) is 23.3 Å². The first-order valence-corrected chi connectivity index (χ1v) is 10.6. The van der Waals surface area contributed by atoms with Gasteiger partial charge in [-0.25, -0.2) is 14.2 Å². The van der Waals surface area contributed by atoms with Crippen LogP contribution in [0.25, 0.3) is 27.5 Å². The molecule has 0 saturated heterocycles. The number of carbonyl (C=O) groups is 1. The van der Waals surface area contributed by atoms with Crippen molar-refractivity contribution in [3.8, 4) is 5.69 Å². The van der Waals surface area contributed by atoms with Crippen molar-refractivity contribution in [2.24, 2.45) is 0 Å². The Morgan fingerprint density at radius 2 is 1.58 bits per heavy atom. The van der Waals surface area contributed by atoms with Crippen molar-refractivity contribution in [3.05, 3.63) is 109 Å². The minimum absolute atomic E-state index is 0.0518. The van der Waals surface area contributed by atoms with E-state index in [1.165, 1.54) is 12.1 Å². The molecule has 0 saturated carbocycles. The number of H-pyrrole nitrogens is 1. The van der Waals surface area contributed by atoms with Gasteiger partial charge in [0.2, 0.25) is 0 Å². The summed E-state index contributed by atoms with van der Waals surface area (Å²) in [4.78, 5) is 41.6. The Morgan fingerprint density at radius 3 is 2.27 bits per heavy atom. The fourth-order valence-corrected chi connectivity index (χ4v) is 4.42. The van der Waals surface area contributed by atoms with Crippen molar-refractivity contribution >= 4 is 51.0 Å². The molecule has 3 aromatic carbocycles. The number of nitrogens with zero attached hydrogens (tertiary/aromatic N) is 2. The molecule has 0 amide bonds. The summed E-state index contributed by atoms with van der Waals surface area (Å²) in [6, 6.07) is 18.7. The van der Waals surface area contributed by atoms with Crippen LogP contribution in [-0.4, -0.2) is 25.2 Å². The molecule has 5 aromatic rings. The van der Waals surface area contributed by atoms with Crippen LogP contribution in [0.4, 0.5) is 0 Å². The number of aromatic amines is 1. The van der Waals surface area contributed by atoms with Gasteiger partial charge in [0.15, 0.2) is 5.69 Å². The number of benzene rings is 3.